The first kappa shape index (κ1) is 12.6. The van der Waals surface area contributed by atoms with Crippen LogP contribution in [0, 0.1) is 0 Å². The SMILES string of the molecule is CCC1C(=O)NCCN1c1nc(Cl)c(CO)s1. The summed E-state index contributed by atoms with van der Waals surface area (Å²) in [5.74, 6) is 0.0237. The van der Waals surface area contributed by atoms with Gasteiger partial charge < -0.3 is 15.3 Å². The van der Waals surface area contributed by atoms with Crippen LogP contribution in [-0.4, -0.2) is 35.1 Å². The lowest BCUT2D eigenvalue weighted by molar-refractivity contribution is -0.123. The van der Waals surface area contributed by atoms with Gasteiger partial charge in [0.25, 0.3) is 0 Å². The molecule has 0 bridgehead atoms. The Kier molecular flexibility index (Phi) is 3.86. The van der Waals surface area contributed by atoms with E-state index in [0.717, 1.165) is 13.0 Å². The summed E-state index contributed by atoms with van der Waals surface area (Å²) in [5, 5.41) is 13.0. The number of carbonyl (C=O) groups is 1. The quantitative estimate of drug-likeness (QED) is 0.864. The van der Waals surface area contributed by atoms with Gasteiger partial charge in [-0.25, -0.2) is 4.98 Å². The fourth-order valence-corrected chi connectivity index (χ4v) is 3.08. The van der Waals surface area contributed by atoms with Gasteiger partial charge in [0.1, 0.15) is 11.2 Å². The first-order valence-corrected chi connectivity index (χ1v) is 6.67. The zero-order valence-corrected chi connectivity index (χ0v) is 11.0. The molecule has 1 aromatic rings. The zero-order chi connectivity index (χ0) is 12.4. The standard InChI is InChI=1S/C10H14ClN3O2S/c1-2-6-9(16)12-3-4-14(6)10-13-8(11)7(5-15)17-10/h6,15H,2-5H2,1H3,(H,12,16). The van der Waals surface area contributed by atoms with E-state index in [0.29, 0.717) is 21.7 Å². The van der Waals surface area contributed by atoms with Crippen LogP contribution in [0.15, 0.2) is 0 Å². The Morgan fingerprint density at radius 3 is 3.06 bits per heavy atom. The second-order valence-corrected chi connectivity index (χ2v) is 5.20. The molecule has 0 aromatic carbocycles. The fourth-order valence-electron chi connectivity index (χ4n) is 1.89. The Balaban J connectivity index is 2.27. The van der Waals surface area contributed by atoms with Crippen molar-refractivity contribution in [1.82, 2.24) is 10.3 Å². The van der Waals surface area contributed by atoms with Crippen LogP contribution in [0.4, 0.5) is 5.13 Å². The van der Waals surface area contributed by atoms with Crippen molar-refractivity contribution in [3.8, 4) is 0 Å². The van der Waals surface area contributed by atoms with Gasteiger partial charge in [0.15, 0.2) is 5.13 Å². The Morgan fingerprint density at radius 1 is 1.71 bits per heavy atom. The Labute approximate surface area is 108 Å². The van der Waals surface area contributed by atoms with Crippen LogP contribution in [-0.2, 0) is 11.4 Å². The van der Waals surface area contributed by atoms with Crippen LogP contribution in [0.2, 0.25) is 5.15 Å². The van der Waals surface area contributed by atoms with Gasteiger partial charge in [-0.2, -0.15) is 0 Å². The van der Waals surface area contributed by atoms with Crippen molar-refractivity contribution < 1.29 is 9.90 Å². The molecule has 0 radical (unpaired) electrons. The predicted molar refractivity (Wildman–Crippen MR) is 67.5 cm³/mol. The van der Waals surface area contributed by atoms with Gasteiger partial charge in [-0.1, -0.05) is 29.9 Å². The first-order chi connectivity index (χ1) is 8.17. The maximum atomic E-state index is 11.7. The third-order valence-corrected chi connectivity index (χ3v) is 4.25. The molecule has 0 aliphatic carbocycles. The number of hydrogen-bond donors (Lipinski definition) is 2. The molecule has 1 aliphatic rings. The van der Waals surface area contributed by atoms with Crippen LogP contribution >= 0.6 is 22.9 Å². The number of nitrogens with zero attached hydrogens (tertiary/aromatic N) is 2. The number of piperazine rings is 1. The smallest absolute Gasteiger partial charge is 0.242 e. The number of aromatic nitrogens is 1. The van der Waals surface area contributed by atoms with E-state index < -0.39 is 0 Å². The summed E-state index contributed by atoms with van der Waals surface area (Å²) in [5.41, 5.74) is 0. The van der Waals surface area contributed by atoms with Crippen molar-refractivity contribution in [3.05, 3.63) is 10.0 Å². The minimum Gasteiger partial charge on any atom is -0.391 e. The van der Waals surface area contributed by atoms with Crippen LogP contribution < -0.4 is 10.2 Å². The molecule has 17 heavy (non-hydrogen) atoms. The van der Waals surface area contributed by atoms with Crippen molar-refractivity contribution in [3.63, 3.8) is 0 Å². The van der Waals surface area contributed by atoms with E-state index in [4.69, 9.17) is 16.7 Å². The number of nitrogens with one attached hydrogen (secondary N) is 1. The summed E-state index contributed by atoms with van der Waals surface area (Å²) in [4.78, 5) is 18.5. The van der Waals surface area contributed by atoms with E-state index in [1.807, 2.05) is 11.8 Å². The highest BCUT2D eigenvalue weighted by Gasteiger charge is 2.30. The molecule has 2 N–H and O–H groups in total. The molecular weight excluding hydrogens is 262 g/mol. The summed E-state index contributed by atoms with van der Waals surface area (Å²) >= 11 is 7.24. The second kappa shape index (κ2) is 5.20. The van der Waals surface area contributed by atoms with Crippen molar-refractivity contribution in [2.75, 3.05) is 18.0 Å². The largest absolute Gasteiger partial charge is 0.391 e. The highest BCUT2D eigenvalue weighted by Crippen LogP contribution is 2.31. The van der Waals surface area contributed by atoms with Gasteiger partial charge >= 0.3 is 0 Å². The molecule has 1 amide bonds. The summed E-state index contributed by atoms with van der Waals surface area (Å²) in [6.45, 7) is 3.18. The molecule has 7 heteroatoms. The molecule has 1 atom stereocenters. The van der Waals surface area contributed by atoms with Crippen LogP contribution in [0.1, 0.15) is 18.2 Å². The molecule has 1 unspecified atom stereocenters. The number of aliphatic hydroxyl groups is 1. The van der Waals surface area contributed by atoms with Crippen molar-refractivity contribution in [1.29, 1.82) is 0 Å². The van der Waals surface area contributed by atoms with E-state index in [1.165, 1.54) is 11.3 Å². The lowest BCUT2D eigenvalue weighted by Crippen LogP contribution is -2.55. The molecule has 0 saturated carbocycles. The fraction of sp³-hybridized carbons (Fsp3) is 0.600. The van der Waals surface area contributed by atoms with Gasteiger partial charge in [0.05, 0.1) is 11.5 Å². The molecule has 5 nitrogen and oxygen atoms in total. The first-order valence-electron chi connectivity index (χ1n) is 5.47. The number of rotatable bonds is 3. The van der Waals surface area contributed by atoms with Gasteiger partial charge in [-0.05, 0) is 6.42 Å². The molecular formula is C10H14ClN3O2S. The highest BCUT2D eigenvalue weighted by molar-refractivity contribution is 7.16. The highest BCUT2D eigenvalue weighted by atomic mass is 35.5. The lowest BCUT2D eigenvalue weighted by Gasteiger charge is -2.34. The Morgan fingerprint density at radius 2 is 2.47 bits per heavy atom. The Bertz CT molecular complexity index is 424. The second-order valence-electron chi connectivity index (χ2n) is 3.78. The summed E-state index contributed by atoms with van der Waals surface area (Å²) in [6.07, 6.45) is 0.720. The van der Waals surface area contributed by atoms with E-state index in [1.54, 1.807) is 0 Å². The predicted octanol–water partition coefficient (Wildman–Crippen LogP) is 1.00. The minimum absolute atomic E-state index is 0.0237. The van der Waals surface area contributed by atoms with Gasteiger partial charge in [0.2, 0.25) is 5.91 Å². The monoisotopic (exact) mass is 275 g/mol. The molecule has 1 aromatic heterocycles. The maximum absolute atomic E-state index is 11.7. The zero-order valence-electron chi connectivity index (χ0n) is 9.44. The number of amides is 1. The van der Waals surface area contributed by atoms with Crippen molar-refractivity contribution in [2.45, 2.75) is 26.0 Å². The lowest BCUT2D eigenvalue weighted by atomic mass is 10.1. The topological polar surface area (TPSA) is 65.5 Å². The third kappa shape index (κ3) is 2.38. The molecule has 94 valence electrons. The van der Waals surface area contributed by atoms with Gasteiger partial charge in [-0.3, -0.25) is 4.79 Å². The van der Waals surface area contributed by atoms with E-state index in [9.17, 15) is 4.79 Å². The van der Waals surface area contributed by atoms with Gasteiger partial charge in [0, 0.05) is 13.1 Å². The van der Waals surface area contributed by atoms with Crippen molar-refractivity contribution in [2.24, 2.45) is 0 Å². The number of thiazole rings is 1. The normalized spacial score (nSPS) is 20.5. The maximum Gasteiger partial charge on any atom is 0.242 e. The molecule has 1 fully saturated rings. The molecule has 1 saturated heterocycles. The summed E-state index contributed by atoms with van der Waals surface area (Å²) in [6, 6.07) is -0.197. The molecule has 2 heterocycles. The number of halogens is 1. The third-order valence-electron chi connectivity index (χ3n) is 2.75. The number of aliphatic hydroxyl groups excluding tert-OH is 1. The number of anilines is 1. The van der Waals surface area contributed by atoms with Crippen molar-refractivity contribution >= 4 is 34.0 Å². The van der Waals surface area contributed by atoms with Crippen LogP contribution in [0.5, 0.6) is 0 Å². The number of carbonyl (C=O) groups excluding carboxylic acids is 1. The van der Waals surface area contributed by atoms with Crippen LogP contribution in [0.25, 0.3) is 0 Å². The summed E-state index contributed by atoms with van der Waals surface area (Å²) in [7, 11) is 0. The van der Waals surface area contributed by atoms with E-state index in [2.05, 4.69) is 10.3 Å². The number of hydrogen-bond acceptors (Lipinski definition) is 5. The molecule has 2 rings (SSSR count). The molecule has 1 aliphatic heterocycles. The Hall–Kier alpha value is -0.850. The van der Waals surface area contributed by atoms with E-state index >= 15 is 0 Å². The summed E-state index contributed by atoms with van der Waals surface area (Å²) < 4.78 is 0. The average Bonchev–Trinajstić information content (AvgIpc) is 2.70. The van der Waals surface area contributed by atoms with Gasteiger partial charge in [-0.15, -0.1) is 0 Å². The van der Waals surface area contributed by atoms with E-state index in [-0.39, 0.29) is 18.6 Å². The minimum atomic E-state index is -0.197. The molecule has 0 spiro atoms. The van der Waals surface area contributed by atoms with Crippen LogP contribution in [0.3, 0.4) is 0 Å². The average molecular weight is 276 g/mol.